The Hall–Kier alpha value is -1.84. The molecule has 1 fully saturated rings. The molecule has 1 unspecified atom stereocenters. The Labute approximate surface area is 99.9 Å². The second-order valence-electron chi connectivity index (χ2n) is 4.44. The first-order valence-electron chi connectivity index (χ1n) is 5.65. The van der Waals surface area contributed by atoms with Gasteiger partial charge in [-0.25, -0.2) is 4.79 Å². The molecule has 1 amide bonds. The lowest BCUT2D eigenvalue weighted by Crippen LogP contribution is -2.34. The van der Waals surface area contributed by atoms with E-state index in [0.29, 0.717) is 12.0 Å². The standard InChI is InChI=1S/C13H15NO3/c1-9-3-2-4-10(7-9)12(13(16)17)14(8-15)11-5-6-11/h2-4,7-8,11-12H,5-6H2,1H3,(H,16,17). The van der Waals surface area contributed by atoms with Gasteiger partial charge in [-0.1, -0.05) is 29.8 Å². The van der Waals surface area contributed by atoms with Gasteiger partial charge in [-0.2, -0.15) is 0 Å². The Morgan fingerprint density at radius 3 is 2.71 bits per heavy atom. The predicted molar refractivity (Wildman–Crippen MR) is 62.5 cm³/mol. The summed E-state index contributed by atoms with van der Waals surface area (Å²) in [6, 6.07) is 6.53. The van der Waals surface area contributed by atoms with Crippen LogP contribution in [0.2, 0.25) is 0 Å². The zero-order valence-corrected chi connectivity index (χ0v) is 9.67. The summed E-state index contributed by atoms with van der Waals surface area (Å²) < 4.78 is 0. The summed E-state index contributed by atoms with van der Waals surface area (Å²) in [7, 11) is 0. The molecule has 1 aliphatic rings. The summed E-state index contributed by atoms with van der Waals surface area (Å²) in [4.78, 5) is 23.8. The lowest BCUT2D eigenvalue weighted by atomic mass is 10.0. The van der Waals surface area contributed by atoms with Gasteiger partial charge < -0.3 is 10.0 Å². The number of rotatable bonds is 5. The number of carbonyl (C=O) groups excluding carboxylic acids is 1. The molecule has 0 aliphatic heterocycles. The summed E-state index contributed by atoms with van der Waals surface area (Å²) in [6.07, 6.45) is 2.45. The lowest BCUT2D eigenvalue weighted by Gasteiger charge is -2.25. The molecule has 2 rings (SSSR count). The maximum atomic E-state index is 11.3. The van der Waals surface area contributed by atoms with Gasteiger partial charge in [-0.3, -0.25) is 4.79 Å². The van der Waals surface area contributed by atoms with Gasteiger partial charge in [0.2, 0.25) is 6.41 Å². The van der Waals surface area contributed by atoms with E-state index in [0.717, 1.165) is 18.4 Å². The topological polar surface area (TPSA) is 57.6 Å². The fraction of sp³-hybridized carbons (Fsp3) is 0.385. The summed E-state index contributed by atoms with van der Waals surface area (Å²) in [5.41, 5.74) is 1.66. The van der Waals surface area contributed by atoms with E-state index < -0.39 is 12.0 Å². The van der Waals surface area contributed by atoms with Crippen LogP contribution in [0.1, 0.15) is 30.0 Å². The van der Waals surface area contributed by atoms with Gasteiger partial charge >= 0.3 is 5.97 Å². The SMILES string of the molecule is Cc1cccc(C(C(=O)O)N(C=O)C2CC2)c1. The Morgan fingerprint density at radius 1 is 1.53 bits per heavy atom. The fourth-order valence-corrected chi connectivity index (χ4v) is 2.01. The number of amides is 1. The molecule has 0 radical (unpaired) electrons. The summed E-state index contributed by atoms with van der Waals surface area (Å²) in [6.45, 7) is 1.91. The molecule has 1 aliphatic carbocycles. The first kappa shape index (κ1) is 11.6. The number of benzene rings is 1. The quantitative estimate of drug-likeness (QED) is 0.788. The molecule has 0 heterocycles. The van der Waals surface area contributed by atoms with Crippen LogP contribution >= 0.6 is 0 Å². The molecule has 0 aromatic heterocycles. The lowest BCUT2D eigenvalue weighted by molar-refractivity contribution is -0.147. The van der Waals surface area contributed by atoms with Crippen LogP contribution in [0.5, 0.6) is 0 Å². The van der Waals surface area contributed by atoms with Crippen LogP contribution in [0.4, 0.5) is 0 Å². The third kappa shape index (κ3) is 2.46. The zero-order valence-electron chi connectivity index (χ0n) is 9.67. The number of nitrogens with zero attached hydrogens (tertiary/aromatic N) is 1. The van der Waals surface area contributed by atoms with Gasteiger partial charge in [-0.15, -0.1) is 0 Å². The smallest absolute Gasteiger partial charge is 0.331 e. The molecule has 4 heteroatoms. The number of hydrogen-bond donors (Lipinski definition) is 1. The highest BCUT2D eigenvalue weighted by molar-refractivity contribution is 5.78. The van der Waals surface area contributed by atoms with Crippen LogP contribution in [0.3, 0.4) is 0 Å². The Balaban J connectivity index is 2.33. The second-order valence-corrected chi connectivity index (χ2v) is 4.44. The van der Waals surface area contributed by atoms with E-state index in [1.807, 2.05) is 25.1 Å². The minimum Gasteiger partial charge on any atom is -0.479 e. The van der Waals surface area contributed by atoms with Crippen LogP contribution < -0.4 is 0 Å². The molecule has 1 aromatic carbocycles. The first-order chi connectivity index (χ1) is 8.13. The van der Waals surface area contributed by atoms with Crippen molar-refractivity contribution in [3.63, 3.8) is 0 Å². The average Bonchev–Trinajstić information content (AvgIpc) is 3.08. The third-order valence-electron chi connectivity index (χ3n) is 2.98. The summed E-state index contributed by atoms with van der Waals surface area (Å²) >= 11 is 0. The van der Waals surface area contributed by atoms with Gasteiger partial charge in [0, 0.05) is 6.04 Å². The van der Waals surface area contributed by atoms with Gasteiger partial charge in [0.25, 0.3) is 0 Å². The molecule has 0 saturated heterocycles. The molecule has 90 valence electrons. The van der Waals surface area contributed by atoms with E-state index in [1.165, 1.54) is 4.90 Å². The van der Waals surface area contributed by atoms with Crippen molar-refractivity contribution in [2.75, 3.05) is 0 Å². The molecule has 17 heavy (non-hydrogen) atoms. The first-order valence-corrected chi connectivity index (χ1v) is 5.65. The number of hydrogen-bond acceptors (Lipinski definition) is 2. The van der Waals surface area contributed by atoms with Crippen LogP contribution in [0, 0.1) is 6.92 Å². The van der Waals surface area contributed by atoms with Crippen molar-refractivity contribution in [3.05, 3.63) is 35.4 Å². The van der Waals surface area contributed by atoms with Crippen LogP contribution in [0.25, 0.3) is 0 Å². The molecule has 1 saturated carbocycles. The molecule has 4 nitrogen and oxygen atoms in total. The van der Waals surface area contributed by atoms with Gasteiger partial charge in [-0.05, 0) is 25.3 Å². The minimum absolute atomic E-state index is 0.0918. The minimum atomic E-state index is -0.977. The highest BCUT2D eigenvalue weighted by Gasteiger charge is 2.37. The van der Waals surface area contributed by atoms with Gasteiger partial charge in [0.05, 0.1) is 0 Å². The average molecular weight is 233 g/mol. The van der Waals surface area contributed by atoms with Crippen LogP contribution in [0.15, 0.2) is 24.3 Å². The monoisotopic (exact) mass is 233 g/mol. The molecular formula is C13H15NO3. The molecule has 1 atom stereocenters. The third-order valence-corrected chi connectivity index (χ3v) is 2.98. The Kier molecular flexibility index (Phi) is 3.13. The maximum Gasteiger partial charge on any atom is 0.331 e. The normalized spacial score (nSPS) is 16.3. The van der Waals surface area contributed by atoms with E-state index in [4.69, 9.17) is 0 Å². The van der Waals surface area contributed by atoms with Crippen LogP contribution in [-0.4, -0.2) is 28.4 Å². The Bertz CT molecular complexity index is 440. The van der Waals surface area contributed by atoms with E-state index >= 15 is 0 Å². The van der Waals surface area contributed by atoms with E-state index in [9.17, 15) is 14.7 Å². The number of carboxylic acids is 1. The largest absolute Gasteiger partial charge is 0.479 e. The number of carbonyl (C=O) groups is 2. The van der Waals surface area contributed by atoms with Crippen molar-refractivity contribution in [2.24, 2.45) is 0 Å². The molecular weight excluding hydrogens is 218 g/mol. The van der Waals surface area contributed by atoms with E-state index in [1.54, 1.807) is 6.07 Å². The number of aryl methyl sites for hydroxylation is 1. The second kappa shape index (κ2) is 4.57. The van der Waals surface area contributed by atoms with Crippen molar-refractivity contribution in [2.45, 2.75) is 31.8 Å². The molecule has 1 aromatic rings. The highest BCUT2D eigenvalue weighted by atomic mass is 16.4. The fourth-order valence-electron chi connectivity index (χ4n) is 2.01. The van der Waals surface area contributed by atoms with Crippen molar-refractivity contribution in [1.82, 2.24) is 4.90 Å². The highest BCUT2D eigenvalue weighted by Crippen LogP contribution is 2.33. The predicted octanol–water partition coefficient (Wildman–Crippen LogP) is 1.74. The summed E-state index contributed by atoms with van der Waals surface area (Å²) in [5.74, 6) is -0.977. The maximum absolute atomic E-state index is 11.3. The van der Waals surface area contributed by atoms with E-state index in [2.05, 4.69) is 0 Å². The molecule has 1 N–H and O–H groups in total. The van der Waals surface area contributed by atoms with E-state index in [-0.39, 0.29) is 6.04 Å². The van der Waals surface area contributed by atoms with Gasteiger partial charge in [0.1, 0.15) is 0 Å². The molecule has 0 bridgehead atoms. The van der Waals surface area contributed by atoms with Crippen LogP contribution in [-0.2, 0) is 9.59 Å². The number of carboxylic acid groups (broad SMARTS) is 1. The molecule has 0 spiro atoms. The number of aliphatic carboxylic acids is 1. The van der Waals surface area contributed by atoms with Gasteiger partial charge in [0.15, 0.2) is 6.04 Å². The Morgan fingerprint density at radius 2 is 2.24 bits per heavy atom. The van der Waals surface area contributed by atoms with Crippen molar-refractivity contribution in [3.8, 4) is 0 Å². The van der Waals surface area contributed by atoms with Crippen molar-refractivity contribution < 1.29 is 14.7 Å². The zero-order chi connectivity index (χ0) is 12.4. The van der Waals surface area contributed by atoms with Crippen molar-refractivity contribution in [1.29, 1.82) is 0 Å². The summed E-state index contributed by atoms with van der Waals surface area (Å²) in [5, 5.41) is 9.30. The van der Waals surface area contributed by atoms with Crippen molar-refractivity contribution >= 4 is 12.4 Å².